The number of aromatic nitrogens is 4. The van der Waals surface area contributed by atoms with Crippen LogP contribution < -0.4 is 10.9 Å². The minimum atomic E-state index is -0.408. The largest absolute Gasteiger partial charge is 0.269 e. The molecule has 0 aliphatic carbocycles. The number of amides is 2. The lowest BCUT2D eigenvalue weighted by Crippen LogP contribution is -2.41. The molecule has 2 N–H and O–H groups in total. The Hall–Kier alpha value is -3.55. The average molecular weight is 350 g/mol. The molecule has 0 radical (unpaired) electrons. The van der Waals surface area contributed by atoms with Gasteiger partial charge >= 0.3 is 0 Å². The summed E-state index contributed by atoms with van der Waals surface area (Å²) in [5.41, 5.74) is 9.32. The van der Waals surface area contributed by atoms with Gasteiger partial charge < -0.3 is 0 Å². The summed E-state index contributed by atoms with van der Waals surface area (Å²) in [6.07, 6.45) is 1.48. The highest BCUT2D eigenvalue weighted by molar-refractivity contribution is 6.00. The van der Waals surface area contributed by atoms with E-state index < -0.39 is 5.91 Å². The van der Waals surface area contributed by atoms with Crippen LogP contribution in [0.3, 0.4) is 0 Å². The van der Waals surface area contributed by atoms with Crippen molar-refractivity contribution in [2.24, 2.45) is 0 Å². The van der Waals surface area contributed by atoms with Crippen molar-refractivity contribution >= 4 is 11.8 Å². The molecule has 0 saturated heterocycles. The first kappa shape index (κ1) is 17.3. The Balaban J connectivity index is 1.68. The summed E-state index contributed by atoms with van der Waals surface area (Å²) in [7, 11) is 0. The third-order valence-electron chi connectivity index (χ3n) is 3.97. The van der Waals surface area contributed by atoms with Gasteiger partial charge in [-0.15, -0.1) is 5.10 Å². The first-order valence-electron chi connectivity index (χ1n) is 7.97. The fourth-order valence-corrected chi connectivity index (χ4v) is 2.65. The number of nitrogens with one attached hydrogen (secondary N) is 2. The van der Waals surface area contributed by atoms with Crippen molar-refractivity contribution < 1.29 is 9.59 Å². The number of rotatable bonds is 3. The number of carbonyl (C=O) groups is 2. The van der Waals surface area contributed by atoms with E-state index in [1.165, 1.54) is 11.0 Å². The van der Waals surface area contributed by atoms with Crippen LogP contribution in [0.2, 0.25) is 0 Å². The van der Waals surface area contributed by atoms with Crippen LogP contribution in [0, 0.1) is 20.8 Å². The molecule has 0 spiro atoms. The highest BCUT2D eigenvalue weighted by Crippen LogP contribution is 2.14. The molecule has 3 aromatic rings. The van der Waals surface area contributed by atoms with Crippen molar-refractivity contribution in [1.29, 1.82) is 0 Å². The number of hydrogen-bond acceptors (Lipinski definition) is 5. The lowest BCUT2D eigenvalue weighted by atomic mass is 10.1. The Kier molecular flexibility index (Phi) is 4.74. The van der Waals surface area contributed by atoms with Crippen molar-refractivity contribution in [1.82, 2.24) is 31.1 Å². The van der Waals surface area contributed by atoms with Gasteiger partial charge in [0, 0.05) is 11.1 Å². The second-order valence-electron chi connectivity index (χ2n) is 5.98. The van der Waals surface area contributed by atoms with Crippen LogP contribution in [-0.2, 0) is 0 Å². The molecule has 2 amide bonds. The zero-order valence-corrected chi connectivity index (χ0v) is 14.6. The van der Waals surface area contributed by atoms with Gasteiger partial charge in [0.1, 0.15) is 6.33 Å². The Labute approximate surface area is 150 Å². The molecular formula is C18H18N6O2. The molecule has 8 heteroatoms. The summed E-state index contributed by atoms with van der Waals surface area (Å²) in [6.45, 7) is 5.66. The normalized spacial score (nSPS) is 10.4. The van der Waals surface area contributed by atoms with Crippen molar-refractivity contribution in [3.8, 4) is 5.69 Å². The summed E-state index contributed by atoms with van der Waals surface area (Å²) < 4.78 is 1.51. The SMILES string of the molecule is Cc1ccc(C(=O)NNC(=O)c2ccc(-n3cnnn3)c(C)c2)c(C)c1. The van der Waals surface area contributed by atoms with Crippen LogP contribution in [0.1, 0.15) is 37.4 Å². The highest BCUT2D eigenvalue weighted by Gasteiger charge is 2.12. The monoisotopic (exact) mass is 350 g/mol. The maximum atomic E-state index is 12.3. The third kappa shape index (κ3) is 3.59. The van der Waals surface area contributed by atoms with Gasteiger partial charge in [-0.05, 0) is 66.6 Å². The second kappa shape index (κ2) is 7.14. The zero-order valence-electron chi connectivity index (χ0n) is 14.6. The Morgan fingerprint density at radius 2 is 1.69 bits per heavy atom. The lowest BCUT2D eigenvalue weighted by molar-refractivity contribution is 0.0846. The van der Waals surface area contributed by atoms with Gasteiger partial charge in [-0.25, -0.2) is 4.68 Å². The molecular weight excluding hydrogens is 332 g/mol. The molecule has 0 saturated carbocycles. The number of carbonyl (C=O) groups excluding carboxylic acids is 2. The van der Waals surface area contributed by atoms with Crippen LogP contribution in [0.5, 0.6) is 0 Å². The predicted octanol–water partition coefficient (Wildman–Crippen LogP) is 1.66. The van der Waals surface area contributed by atoms with Gasteiger partial charge in [0.2, 0.25) is 0 Å². The first-order valence-corrected chi connectivity index (χ1v) is 7.97. The van der Waals surface area contributed by atoms with E-state index in [9.17, 15) is 9.59 Å². The van der Waals surface area contributed by atoms with E-state index in [0.29, 0.717) is 11.1 Å². The lowest BCUT2D eigenvalue weighted by Gasteiger charge is -2.11. The molecule has 2 aromatic carbocycles. The number of tetrazole rings is 1. The van der Waals surface area contributed by atoms with Gasteiger partial charge in [-0.2, -0.15) is 0 Å². The van der Waals surface area contributed by atoms with E-state index in [2.05, 4.69) is 26.4 Å². The fourth-order valence-electron chi connectivity index (χ4n) is 2.65. The molecule has 132 valence electrons. The number of hydrazine groups is 1. The molecule has 0 atom stereocenters. The highest BCUT2D eigenvalue weighted by atomic mass is 16.2. The van der Waals surface area contributed by atoms with Gasteiger partial charge in [0.15, 0.2) is 0 Å². The molecule has 0 aliphatic heterocycles. The predicted molar refractivity (Wildman–Crippen MR) is 94.7 cm³/mol. The van der Waals surface area contributed by atoms with E-state index in [1.807, 2.05) is 32.9 Å². The molecule has 0 bridgehead atoms. The first-order chi connectivity index (χ1) is 12.5. The molecule has 0 unspecified atom stereocenters. The van der Waals surface area contributed by atoms with Crippen molar-refractivity contribution in [2.45, 2.75) is 20.8 Å². The smallest absolute Gasteiger partial charge is 0.267 e. The number of nitrogens with zero attached hydrogens (tertiary/aromatic N) is 4. The molecule has 0 fully saturated rings. The zero-order chi connectivity index (χ0) is 18.7. The average Bonchev–Trinajstić information content (AvgIpc) is 3.13. The van der Waals surface area contributed by atoms with E-state index in [0.717, 1.165) is 22.4 Å². The Morgan fingerprint density at radius 1 is 0.923 bits per heavy atom. The third-order valence-corrected chi connectivity index (χ3v) is 3.97. The van der Waals surface area contributed by atoms with Crippen LogP contribution in [-0.4, -0.2) is 32.0 Å². The van der Waals surface area contributed by atoms with E-state index in [-0.39, 0.29) is 5.91 Å². The van der Waals surface area contributed by atoms with Crippen LogP contribution in [0.15, 0.2) is 42.7 Å². The van der Waals surface area contributed by atoms with Crippen molar-refractivity contribution in [2.75, 3.05) is 0 Å². The Morgan fingerprint density at radius 3 is 2.35 bits per heavy atom. The summed E-state index contributed by atoms with van der Waals surface area (Å²) in [5.74, 6) is -0.771. The molecule has 8 nitrogen and oxygen atoms in total. The van der Waals surface area contributed by atoms with Crippen molar-refractivity contribution in [3.63, 3.8) is 0 Å². The van der Waals surface area contributed by atoms with Gasteiger partial charge in [0.05, 0.1) is 5.69 Å². The maximum absolute atomic E-state index is 12.3. The molecule has 26 heavy (non-hydrogen) atoms. The summed E-state index contributed by atoms with van der Waals surface area (Å²) >= 11 is 0. The van der Waals surface area contributed by atoms with Crippen LogP contribution in [0.4, 0.5) is 0 Å². The standard InChI is InChI=1S/C18H18N6O2/c1-11-4-6-15(12(2)8-11)18(26)21-20-17(25)14-5-7-16(13(3)9-14)24-10-19-22-23-24/h4-10H,1-3H3,(H,20,25)(H,21,26). The van der Waals surface area contributed by atoms with E-state index in [1.54, 1.807) is 24.3 Å². The minimum Gasteiger partial charge on any atom is -0.267 e. The summed E-state index contributed by atoms with van der Waals surface area (Å²) in [4.78, 5) is 24.5. The van der Waals surface area contributed by atoms with Gasteiger partial charge in [0.25, 0.3) is 11.8 Å². The molecule has 1 aromatic heterocycles. The maximum Gasteiger partial charge on any atom is 0.269 e. The fraction of sp³-hybridized carbons (Fsp3) is 0.167. The topological polar surface area (TPSA) is 102 Å². The Bertz CT molecular complexity index is 966. The number of aryl methyl sites for hydroxylation is 3. The van der Waals surface area contributed by atoms with Crippen molar-refractivity contribution in [3.05, 3.63) is 70.5 Å². The van der Waals surface area contributed by atoms with Gasteiger partial charge in [-0.1, -0.05) is 17.7 Å². The number of hydrogen-bond donors (Lipinski definition) is 2. The second-order valence-corrected chi connectivity index (χ2v) is 5.98. The summed E-state index contributed by atoms with van der Waals surface area (Å²) in [5, 5.41) is 11.0. The quantitative estimate of drug-likeness (QED) is 0.700. The van der Waals surface area contributed by atoms with Gasteiger partial charge in [-0.3, -0.25) is 20.4 Å². The molecule has 3 rings (SSSR count). The minimum absolute atomic E-state index is 0.363. The van der Waals surface area contributed by atoms with Crippen LogP contribution >= 0.6 is 0 Å². The van der Waals surface area contributed by atoms with E-state index in [4.69, 9.17) is 0 Å². The number of benzene rings is 2. The molecule has 1 heterocycles. The van der Waals surface area contributed by atoms with Crippen LogP contribution in [0.25, 0.3) is 5.69 Å². The molecule has 0 aliphatic rings. The van der Waals surface area contributed by atoms with E-state index >= 15 is 0 Å². The summed E-state index contributed by atoms with van der Waals surface area (Å²) in [6, 6.07) is 10.6.